The lowest BCUT2D eigenvalue weighted by Crippen LogP contribution is -2.29. The monoisotopic (exact) mass is 267 g/mol. The first-order chi connectivity index (χ1) is 8.60. The van der Waals surface area contributed by atoms with E-state index >= 15 is 0 Å². The maximum atomic E-state index is 6.17. The highest BCUT2D eigenvalue weighted by molar-refractivity contribution is 6.31. The minimum Gasteiger partial charge on any atom is -0.344 e. The van der Waals surface area contributed by atoms with Crippen molar-refractivity contribution < 1.29 is 9.47 Å². The van der Waals surface area contributed by atoms with Crippen LogP contribution in [0.1, 0.15) is 32.3 Å². The Kier molecular flexibility index (Phi) is 4.31. The summed E-state index contributed by atoms with van der Waals surface area (Å²) in [5.41, 5.74) is 1.09. The Bertz CT molecular complexity index is 401. The van der Waals surface area contributed by atoms with E-state index in [2.05, 4.69) is 20.8 Å². The van der Waals surface area contributed by atoms with Crippen LogP contribution in [-0.4, -0.2) is 18.0 Å². The molecule has 1 fully saturated rings. The van der Waals surface area contributed by atoms with Crippen LogP contribution in [0.3, 0.4) is 0 Å². The highest BCUT2D eigenvalue weighted by Crippen LogP contribution is 2.36. The smallest absolute Gasteiger partial charge is 0.168 e. The molecular formula is C15H20ClO2. The molecule has 1 aromatic rings. The molecular weight excluding hydrogens is 248 g/mol. The minimum absolute atomic E-state index is 0.0233. The second-order valence-corrected chi connectivity index (χ2v) is 5.13. The summed E-state index contributed by atoms with van der Waals surface area (Å²) in [6.07, 6.45) is 2.27. The van der Waals surface area contributed by atoms with Gasteiger partial charge in [0.1, 0.15) is 0 Å². The summed E-state index contributed by atoms with van der Waals surface area (Å²) in [4.78, 5) is 0. The second-order valence-electron chi connectivity index (χ2n) is 4.73. The van der Waals surface area contributed by atoms with Crippen LogP contribution in [0.25, 0.3) is 0 Å². The fraction of sp³-hybridized carbons (Fsp3) is 0.533. The lowest BCUT2D eigenvalue weighted by atomic mass is 10.0. The van der Waals surface area contributed by atoms with Gasteiger partial charge in [0, 0.05) is 11.4 Å². The summed E-state index contributed by atoms with van der Waals surface area (Å²) in [6, 6.07) is 7.85. The van der Waals surface area contributed by atoms with Crippen molar-refractivity contribution in [3.63, 3.8) is 0 Å². The third kappa shape index (κ3) is 2.71. The molecule has 99 valence electrons. The molecule has 1 aliphatic heterocycles. The van der Waals surface area contributed by atoms with Crippen LogP contribution < -0.4 is 0 Å². The second kappa shape index (κ2) is 5.60. The Morgan fingerprint density at radius 1 is 1.22 bits per heavy atom. The van der Waals surface area contributed by atoms with E-state index < -0.39 is 5.79 Å². The molecule has 2 atom stereocenters. The summed E-state index contributed by atoms with van der Waals surface area (Å²) < 4.78 is 12.0. The average molecular weight is 268 g/mol. The van der Waals surface area contributed by atoms with Crippen LogP contribution in [0.5, 0.6) is 0 Å². The van der Waals surface area contributed by atoms with Gasteiger partial charge in [-0.15, -0.1) is 0 Å². The van der Waals surface area contributed by atoms with Crippen LogP contribution in [0.2, 0.25) is 5.02 Å². The van der Waals surface area contributed by atoms with E-state index in [0.717, 1.165) is 29.8 Å². The molecule has 1 aliphatic rings. The third-order valence-electron chi connectivity index (χ3n) is 3.60. The molecule has 2 nitrogen and oxygen atoms in total. The summed E-state index contributed by atoms with van der Waals surface area (Å²) in [7, 11) is 0. The molecule has 2 rings (SSSR count). The zero-order chi connectivity index (χ0) is 13.2. The molecule has 0 saturated carbocycles. The summed E-state index contributed by atoms with van der Waals surface area (Å²) in [5, 5.41) is 0.777. The first-order valence-corrected chi connectivity index (χ1v) is 6.90. The van der Waals surface area contributed by atoms with Crippen molar-refractivity contribution in [2.45, 2.75) is 51.1 Å². The molecule has 0 amide bonds. The van der Waals surface area contributed by atoms with Gasteiger partial charge in [0.2, 0.25) is 0 Å². The average Bonchev–Trinajstić information content (AvgIpc) is 2.70. The number of hydrogen-bond donors (Lipinski definition) is 0. The first-order valence-electron chi connectivity index (χ1n) is 6.52. The van der Waals surface area contributed by atoms with Gasteiger partial charge in [-0.05, 0) is 31.4 Å². The highest BCUT2D eigenvalue weighted by atomic mass is 35.5. The Morgan fingerprint density at radius 2 is 1.89 bits per heavy atom. The molecule has 0 aromatic heterocycles. The lowest BCUT2D eigenvalue weighted by Gasteiger charge is -2.25. The Hall–Kier alpha value is -0.570. The Morgan fingerprint density at radius 3 is 2.44 bits per heavy atom. The van der Waals surface area contributed by atoms with Gasteiger partial charge in [-0.3, -0.25) is 0 Å². The van der Waals surface area contributed by atoms with Gasteiger partial charge in [0.05, 0.1) is 12.2 Å². The third-order valence-corrected chi connectivity index (χ3v) is 3.97. The maximum Gasteiger partial charge on any atom is 0.168 e. The van der Waals surface area contributed by atoms with Gasteiger partial charge in [0.15, 0.2) is 5.79 Å². The zero-order valence-electron chi connectivity index (χ0n) is 11.0. The number of ether oxygens (including phenoxy) is 2. The van der Waals surface area contributed by atoms with Gasteiger partial charge in [-0.1, -0.05) is 43.6 Å². The molecule has 0 unspecified atom stereocenters. The Labute approximate surface area is 114 Å². The van der Waals surface area contributed by atoms with Crippen LogP contribution in [0.15, 0.2) is 24.3 Å². The van der Waals surface area contributed by atoms with Gasteiger partial charge in [-0.2, -0.15) is 0 Å². The van der Waals surface area contributed by atoms with Crippen molar-refractivity contribution in [2.75, 3.05) is 0 Å². The molecule has 0 spiro atoms. The number of halogens is 1. The van der Waals surface area contributed by atoms with Crippen molar-refractivity contribution in [3.8, 4) is 0 Å². The van der Waals surface area contributed by atoms with Crippen molar-refractivity contribution in [2.24, 2.45) is 0 Å². The quantitative estimate of drug-likeness (QED) is 0.820. The molecule has 1 aromatic carbocycles. The first kappa shape index (κ1) is 13.9. The number of benzene rings is 1. The molecule has 1 saturated heterocycles. The molecule has 0 aliphatic carbocycles. The van der Waals surface area contributed by atoms with Crippen LogP contribution in [0, 0.1) is 6.92 Å². The van der Waals surface area contributed by atoms with Crippen molar-refractivity contribution in [3.05, 3.63) is 41.8 Å². The van der Waals surface area contributed by atoms with E-state index in [9.17, 15) is 0 Å². The van der Waals surface area contributed by atoms with E-state index in [0.29, 0.717) is 0 Å². The minimum atomic E-state index is -0.460. The van der Waals surface area contributed by atoms with Gasteiger partial charge >= 0.3 is 0 Å². The van der Waals surface area contributed by atoms with Crippen molar-refractivity contribution >= 4 is 11.6 Å². The predicted octanol–water partition coefficient (Wildman–Crippen LogP) is 4.02. The van der Waals surface area contributed by atoms with E-state index in [1.165, 1.54) is 0 Å². The topological polar surface area (TPSA) is 18.5 Å². The Balaban J connectivity index is 2.09. The summed E-state index contributed by atoms with van der Waals surface area (Å²) in [6.45, 7) is 8.20. The zero-order valence-corrected chi connectivity index (χ0v) is 11.7. The van der Waals surface area contributed by atoms with E-state index in [1.54, 1.807) is 0 Å². The predicted molar refractivity (Wildman–Crippen MR) is 73.6 cm³/mol. The van der Waals surface area contributed by atoms with E-state index in [1.807, 2.05) is 24.3 Å². The molecule has 3 heteroatoms. The van der Waals surface area contributed by atoms with Crippen LogP contribution >= 0.6 is 11.6 Å². The number of rotatable bonds is 4. The lowest BCUT2D eigenvalue weighted by molar-refractivity contribution is -0.176. The molecule has 0 bridgehead atoms. The standard InChI is InChI=1S/C15H20ClO2/c1-4-15(5-2)17-11(3)14(18-15)10-12-8-6-7-9-13(12)16/h6-9,11,14H,3-5,10H2,1-2H3/t11-,14-/m0/s1. The highest BCUT2D eigenvalue weighted by Gasteiger charge is 2.43. The van der Waals surface area contributed by atoms with Gasteiger partial charge in [0.25, 0.3) is 0 Å². The van der Waals surface area contributed by atoms with Gasteiger partial charge < -0.3 is 9.47 Å². The molecule has 1 heterocycles. The van der Waals surface area contributed by atoms with Gasteiger partial charge in [-0.25, -0.2) is 0 Å². The molecule has 0 N–H and O–H groups in total. The molecule has 1 radical (unpaired) electrons. The van der Waals surface area contributed by atoms with Crippen LogP contribution in [0.4, 0.5) is 0 Å². The van der Waals surface area contributed by atoms with Crippen molar-refractivity contribution in [1.82, 2.24) is 0 Å². The van der Waals surface area contributed by atoms with Crippen LogP contribution in [-0.2, 0) is 15.9 Å². The summed E-state index contributed by atoms with van der Waals surface area (Å²) in [5.74, 6) is -0.460. The largest absolute Gasteiger partial charge is 0.344 e. The fourth-order valence-electron chi connectivity index (χ4n) is 2.37. The van der Waals surface area contributed by atoms with Crippen molar-refractivity contribution in [1.29, 1.82) is 0 Å². The van der Waals surface area contributed by atoms with E-state index in [4.69, 9.17) is 21.1 Å². The maximum absolute atomic E-state index is 6.17. The summed E-state index contributed by atoms with van der Waals surface area (Å²) >= 11 is 6.17. The fourth-order valence-corrected chi connectivity index (χ4v) is 2.58. The number of hydrogen-bond acceptors (Lipinski definition) is 2. The van der Waals surface area contributed by atoms with E-state index in [-0.39, 0.29) is 12.2 Å². The SMILES string of the molecule is [CH2][C@@H]1OC(CC)(CC)O[C@H]1Cc1ccccc1Cl. The normalized spacial score (nSPS) is 26.4. The molecule has 18 heavy (non-hydrogen) atoms.